The van der Waals surface area contributed by atoms with Crippen LogP contribution in [0.25, 0.3) is 11.1 Å². The quantitative estimate of drug-likeness (QED) is 0.845. The standard InChI is InChI=1S/C20H28N4O2/c1-13-11-16(18-14(2)22-26-19(18)21-13)20(25)23(3)12-15-7-6-10-24-9-5-4-8-17(15)24/h11,15,17H,4-10,12H2,1-3H3/t15-,17+/m1/s1. The normalized spacial score (nSPS) is 23.8. The summed E-state index contributed by atoms with van der Waals surface area (Å²) in [4.78, 5) is 22.1. The van der Waals surface area contributed by atoms with E-state index in [9.17, 15) is 4.79 Å². The second-order valence-corrected chi connectivity index (χ2v) is 7.95. The Morgan fingerprint density at radius 2 is 2.08 bits per heavy atom. The average Bonchev–Trinajstić information content (AvgIpc) is 3.01. The fourth-order valence-corrected chi connectivity index (χ4v) is 4.82. The van der Waals surface area contributed by atoms with Crippen molar-refractivity contribution >= 4 is 17.0 Å². The van der Waals surface area contributed by atoms with Gasteiger partial charge in [0.15, 0.2) is 0 Å². The molecule has 0 spiro atoms. The first-order valence-corrected chi connectivity index (χ1v) is 9.77. The molecular formula is C20H28N4O2. The van der Waals surface area contributed by atoms with Gasteiger partial charge in [-0.05, 0) is 64.6 Å². The summed E-state index contributed by atoms with van der Waals surface area (Å²) in [7, 11) is 1.93. The third-order valence-electron chi connectivity index (χ3n) is 6.06. The maximum atomic E-state index is 13.2. The van der Waals surface area contributed by atoms with Gasteiger partial charge in [0, 0.05) is 25.3 Å². The van der Waals surface area contributed by atoms with Crippen molar-refractivity contribution in [3.05, 3.63) is 23.0 Å². The Kier molecular flexibility index (Phi) is 4.69. The van der Waals surface area contributed by atoms with Crippen LogP contribution in [0.4, 0.5) is 0 Å². The van der Waals surface area contributed by atoms with E-state index >= 15 is 0 Å². The highest BCUT2D eigenvalue weighted by Crippen LogP contribution is 2.32. The van der Waals surface area contributed by atoms with E-state index in [4.69, 9.17) is 4.52 Å². The van der Waals surface area contributed by atoms with E-state index in [1.165, 1.54) is 45.2 Å². The minimum Gasteiger partial charge on any atom is -0.341 e. The Morgan fingerprint density at radius 3 is 2.92 bits per heavy atom. The summed E-state index contributed by atoms with van der Waals surface area (Å²) in [5, 5.41) is 4.74. The van der Waals surface area contributed by atoms with Gasteiger partial charge in [-0.1, -0.05) is 11.6 Å². The molecule has 2 aromatic heterocycles. The number of rotatable bonds is 3. The average molecular weight is 356 g/mol. The first-order chi connectivity index (χ1) is 12.5. The third-order valence-corrected chi connectivity index (χ3v) is 6.06. The summed E-state index contributed by atoms with van der Waals surface area (Å²) in [6, 6.07) is 2.50. The van der Waals surface area contributed by atoms with Crippen molar-refractivity contribution in [2.75, 3.05) is 26.7 Å². The number of aryl methyl sites for hydroxylation is 2. The Morgan fingerprint density at radius 1 is 1.27 bits per heavy atom. The fraction of sp³-hybridized carbons (Fsp3) is 0.650. The van der Waals surface area contributed by atoms with Gasteiger partial charge < -0.3 is 14.3 Å². The predicted octanol–water partition coefficient (Wildman–Crippen LogP) is 3.18. The van der Waals surface area contributed by atoms with E-state index in [-0.39, 0.29) is 5.91 Å². The number of amides is 1. The van der Waals surface area contributed by atoms with Gasteiger partial charge in [0.05, 0.1) is 16.6 Å². The lowest BCUT2D eigenvalue weighted by Gasteiger charge is -2.45. The summed E-state index contributed by atoms with van der Waals surface area (Å²) in [5.74, 6) is 0.611. The SMILES string of the molecule is Cc1cc(C(=O)N(C)C[C@H]2CCCN3CCCC[C@@H]23)c2c(C)noc2n1. The smallest absolute Gasteiger partial charge is 0.258 e. The summed E-state index contributed by atoms with van der Waals surface area (Å²) in [6.45, 7) is 7.01. The molecule has 2 aliphatic heterocycles. The number of hydrogen-bond acceptors (Lipinski definition) is 5. The molecule has 2 aromatic rings. The number of nitrogens with zero attached hydrogens (tertiary/aromatic N) is 4. The molecule has 2 fully saturated rings. The zero-order chi connectivity index (χ0) is 18.3. The lowest BCUT2D eigenvalue weighted by molar-refractivity contribution is 0.0403. The lowest BCUT2D eigenvalue weighted by atomic mass is 9.83. The summed E-state index contributed by atoms with van der Waals surface area (Å²) < 4.78 is 5.28. The van der Waals surface area contributed by atoms with Crippen LogP contribution in [0.15, 0.2) is 10.6 Å². The minimum atomic E-state index is 0.0414. The molecule has 6 heteroatoms. The van der Waals surface area contributed by atoms with Gasteiger partial charge in [0.1, 0.15) is 0 Å². The summed E-state index contributed by atoms with van der Waals surface area (Å²) in [6.07, 6.45) is 6.37. The lowest BCUT2D eigenvalue weighted by Crippen LogP contribution is -2.51. The molecule has 1 amide bonds. The topological polar surface area (TPSA) is 62.5 Å². The number of piperidine rings is 2. The zero-order valence-corrected chi connectivity index (χ0v) is 16.0. The number of carbonyl (C=O) groups is 1. The van der Waals surface area contributed by atoms with Crippen molar-refractivity contribution < 1.29 is 9.32 Å². The molecule has 0 saturated carbocycles. The van der Waals surface area contributed by atoms with Gasteiger partial charge in [-0.25, -0.2) is 4.98 Å². The molecule has 6 nitrogen and oxygen atoms in total. The monoisotopic (exact) mass is 356 g/mol. The highest BCUT2D eigenvalue weighted by molar-refractivity contribution is 6.05. The third kappa shape index (κ3) is 3.11. The largest absolute Gasteiger partial charge is 0.341 e. The zero-order valence-electron chi connectivity index (χ0n) is 16.0. The fourth-order valence-electron chi connectivity index (χ4n) is 4.82. The Hall–Kier alpha value is -1.95. The molecule has 0 radical (unpaired) electrons. The molecule has 0 N–H and O–H groups in total. The predicted molar refractivity (Wildman–Crippen MR) is 100 cm³/mol. The minimum absolute atomic E-state index is 0.0414. The Bertz CT molecular complexity index is 813. The van der Waals surface area contributed by atoms with Gasteiger partial charge in [0.25, 0.3) is 11.6 Å². The molecule has 2 aliphatic rings. The summed E-state index contributed by atoms with van der Waals surface area (Å²) >= 11 is 0. The molecule has 26 heavy (non-hydrogen) atoms. The van der Waals surface area contributed by atoms with Crippen LogP contribution >= 0.6 is 0 Å². The second-order valence-electron chi connectivity index (χ2n) is 7.95. The van der Waals surface area contributed by atoms with Crippen LogP contribution in [-0.2, 0) is 0 Å². The molecule has 2 atom stereocenters. The van der Waals surface area contributed by atoms with E-state index in [1.807, 2.05) is 31.9 Å². The van der Waals surface area contributed by atoms with Crippen molar-refractivity contribution in [1.82, 2.24) is 19.9 Å². The van der Waals surface area contributed by atoms with Gasteiger partial charge in [-0.3, -0.25) is 4.79 Å². The first-order valence-electron chi connectivity index (χ1n) is 9.77. The van der Waals surface area contributed by atoms with Crippen LogP contribution in [0.5, 0.6) is 0 Å². The van der Waals surface area contributed by atoms with Crippen LogP contribution in [0.2, 0.25) is 0 Å². The number of pyridine rings is 1. The Balaban J connectivity index is 1.56. The van der Waals surface area contributed by atoms with Gasteiger partial charge in [-0.2, -0.15) is 0 Å². The van der Waals surface area contributed by atoms with E-state index in [0.29, 0.717) is 23.2 Å². The molecule has 0 aromatic carbocycles. The van der Waals surface area contributed by atoms with Gasteiger partial charge >= 0.3 is 0 Å². The number of aromatic nitrogens is 2. The number of hydrogen-bond donors (Lipinski definition) is 0. The van der Waals surface area contributed by atoms with Crippen LogP contribution in [0, 0.1) is 19.8 Å². The molecule has 0 unspecified atom stereocenters. The van der Waals surface area contributed by atoms with E-state index in [1.54, 1.807) is 0 Å². The molecule has 2 saturated heterocycles. The van der Waals surface area contributed by atoms with Gasteiger partial charge in [-0.15, -0.1) is 0 Å². The Labute approximate surface area is 154 Å². The summed E-state index contributed by atoms with van der Waals surface area (Å²) in [5.41, 5.74) is 2.61. The van der Waals surface area contributed by atoms with Crippen molar-refractivity contribution in [3.8, 4) is 0 Å². The van der Waals surface area contributed by atoms with Crippen LogP contribution in [0.3, 0.4) is 0 Å². The van der Waals surface area contributed by atoms with Crippen molar-refractivity contribution in [2.24, 2.45) is 5.92 Å². The molecular weight excluding hydrogens is 328 g/mol. The van der Waals surface area contributed by atoms with E-state index < -0.39 is 0 Å². The number of carbonyl (C=O) groups excluding carboxylic acids is 1. The van der Waals surface area contributed by atoms with Crippen molar-refractivity contribution in [3.63, 3.8) is 0 Å². The van der Waals surface area contributed by atoms with Crippen LogP contribution < -0.4 is 0 Å². The highest BCUT2D eigenvalue weighted by Gasteiger charge is 2.34. The van der Waals surface area contributed by atoms with Crippen molar-refractivity contribution in [1.29, 1.82) is 0 Å². The van der Waals surface area contributed by atoms with Crippen LogP contribution in [0.1, 0.15) is 53.8 Å². The molecule has 4 heterocycles. The van der Waals surface area contributed by atoms with Crippen molar-refractivity contribution in [2.45, 2.75) is 52.0 Å². The molecule has 0 bridgehead atoms. The van der Waals surface area contributed by atoms with Gasteiger partial charge in [0.2, 0.25) is 0 Å². The maximum Gasteiger partial charge on any atom is 0.258 e. The second kappa shape index (κ2) is 6.99. The highest BCUT2D eigenvalue weighted by atomic mass is 16.5. The van der Waals surface area contributed by atoms with Crippen LogP contribution in [-0.4, -0.2) is 58.6 Å². The molecule has 140 valence electrons. The molecule has 4 rings (SSSR count). The number of fused-ring (bicyclic) bond motifs is 2. The van der Waals surface area contributed by atoms with E-state index in [0.717, 1.165) is 23.3 Å². The van der Waals surface area contributed by atoms with E-state index in [2.05, 4.69) is 15.0 Å². The maximum absolute atomic E-state index is 13.2. The first kappa shape index (κ1) is 17.5. The molecule has 0 aliphatic carbocycles.